The molecular formula is C17H17NO. The first-order chi connectivity index (χ1) is 9.22. The molecule has 0 amide bonds. The number of ether oxygens (including phenoxy) is 1. The number of rotatable bonds is 4. The summed E-state index contributed by atoms with van der Waals surface area (Å²) >= 11 is 0. The fourth-order valence-electron chi connectivity index (χ4n) is 2.16. The van der Waals surface area contributed by atoms with E-state index in [2.05, 4.69) is 37.3 Å². The predicted octanol–water partition coefficient (Wildman–Crippen LogP) is 3.66. The Kier molecular flexibility index (Phi) is 4.20. The summed E-state index contributed by atoms with van der Waals surface area (Å²) in [5, 5.41) is 8.71. The van der Waals surface area contributed by atoms with Crippen molar-refractivity contribution in [2.75, 3.05) is 7.11 Å². The average Bonchev–Trinajstić information content (AvgIpc) is 2.42. The molecule has 2 heteroatoms. The fourth-order valence-corrected chi connectivity index (χ4v) is 2.16. The summed E-state index contributed by atoms with van der Waals surface area (Å²) in [4.78, 5) is 0. The van der Waals surface area contributed by atoms with Gasteiger partial charge in [0.1, 0.15) is 5.75 Å². The zero-order valence-electron chi connectivity index (χ0n) is 11.3. The molecule has 0 unspecified atom stereocenters. The van der Waals surface area contributed by atoms with Crippen LogP contribution in [-0.4, -0.2) is 7.11 Å². The molecule has 0 aromatic heterocycles. The summed E-state index contributed by atoms with van der Waals surface area (Å²) in [5.74, 6) is 0.885. The SMILES string of the molecule is COc1cccc(Cc2ccc(CC#N)cc2C)c1. The van der Waals surface area contributed by atoms with Gasteiger partial charge in [0.05, 0.1) is 19.6 Å². The molecule has 0 saturated heterocycles. The number of nitrogens with zero attached hydrogens (tertiary/aromatic N) is 1. The van der Waals surface area contributed by atoms with Gasteiger partial charge in [0, 0.05) is 0 Å². The first-order valence-corrected chi connectivity index (χ1v) is 6.31. The largest absolute Gasteiger partial charge is 0.497 e. The maximum Gasteiger partial charge on any atom is 0.119 e. The maximum absolute atomic E-state index is 8.71. The molecule has 0 atom stereocenters. The van der Waals surface area contributed by atoms with E-state index in [0.717, 1.165) is 17.7 Å². The van der Waals surface area contributed by atoms with Crippen molar-refractivity contribution in [3.05, 3.63) is 64.7 Å². The van der Waals surface area contributed by atoms with Gasteiger partial charge in [-0.25, -0.2) is 0 Å². The zero-order chi connectivity index (χ0) is 13.7. The first kappa shape index (κ1) is 13.2. The van der Waals surface area contributed by atoms with Crippen molar-refractivity contribution in [3.8, 4) is 11.8 Å². The number of methoxy groups -OCH3 is 1. The van der Waals surface area contributed by atoms with E-state index in [1.165, 1.54) is 16.7 Å². The van der Waals surface area contributed by atoms with Gasteiger partial charge in [-0.15, -0.1) is 0 Å². The molecule has 0 N–H and O–H groups in total. The van der Waals surface area contributed by atoms with Crippen LogP contribution in [0.3, 0.4) is 0 Å². The lowest BCUT2D eigenvalue weighted by atomic mass is 9.98. The third-order valence-electron chi connectivity index (χ3n) is 3.22. The lowest BCUT2D eigenvalue weighted by Gasteiger charge is -2.08. The topological polar surface area (TPSA) is 33.0 Å². The second-order valence-corrected chi connectivity index (χ2v) is 4.62. The van der Waals surface area contributed by atoms with Gasteiger partial charge in [0.2, 0.25) is 0 Å². The lowest BCUT2D eigenvalue weighted by Crippen LogP contribution is -1.94. The molecule has 0 bridgehead atoms. The smallest absolute Gasteiger partial charge is 0.119 e. The summed E-state index contributed by atoms with van der Waals surface area (Å²) < 4.78 is 5.24. The Morgan fingerprint density at radius 2 is 1.95 bits per heavy atom. The Morgan fingerprint density at radius 1 is 1.11 bits per heavy atom. The van der Waals surface area contributed by atoms with Gasteiger partial charge in [-0.1, -0.05) is 30.3 Å². The van der Waals surface area contributed by atoms with Crippen molar-refractivity contribution < 1.29 is 4.74 Å². The molecular weight excluding hydrogens is 234 g/mol. The van der Waals surface area contributed by atoms with Crippen molar-refractivity contribution >= 4 is 0 Å². The monoisotopic (exact) mass is 251 g/mol. The molecule has 0 radical (unpaired) electrons. The minimum absolute atomic E-state index is 0.472. The first-order valence-electron chi connectivity index (χ1n) is 6.31. The normalized spacial score (nSPS) is 9.95. The van der Waals surface area contributed by atoms with Crippen LogP contribution in [0.4, 0.5) is 0 Å². The molecule has 0 aliphatic heterocycles. The summed E-state index contributed by atoms with van der Waals surface area (Å²) in [6.45, 7) is 2.09. The van der Waals surface area contributed by atoms with E-state index in [1.807, 2.05) is 18.2 Å². The van der Waals surface area contributed by atoms with Crippen molar-refractivity contribution in [2.24, 2.45) is 0 Å². The van der Waals surface area contributed by atoms with E-state index in [4.69, 9.17) is 10.00 Å². The van der Waals surface area contributed by atoms with E-state index in [0.29, 0.717) is 6.42 Å². The molecule has 2 aromatic rings. The van der Waals surface area contributed by atoms with E-state index >= 15 is 0 Å². The van der Waals surface area contributed by atoms with Crippen molar-refractivity contribution in [1.82, 2.24) is 0 Å². The van der Waals surface area contributed by atoms with Gasteiger partial charge in [0.15, 0.2) is 0 Å². The number of hydrogen-bond donors (Lipinski definition) is 0. The number of hydrogen-bond acceptors (Lipinski definition) is 2. The second kappa shape index (κ2) is 6.06. The number of aryl methyl sites for hydroxylation is 1. The highest BCUT2D eigenvalue weighted by molar-refractivity contribution is 5.38. The van der Waals surface area contributed by atoms with Gasteiger partial charge in [-0.2, -0.15) is 5.26 Å². The molecule has 2 aromatic carbocycles. The van der Waals surface area contributed by atoms with Crippen LogP contribution in [0.25, 0.3) is 0 Å². The summed E-state index contributed by atoms with van der Waals surface area (Å²) in [5.41, 5.74) is 4.83. The molecule has 0 heterocycles. The quantitative estimate of drug-likeness (QED) is 0.830. The molecule has 0 aliphatic carbocycles. The Bertz CT molecular complexity index is 611. The average molecular weight is 251 g/mol. The molecule has 2 rings (SSSR count). The third-order valence-corrected chi connectivity index (χ3v) is 3.22. The Balaban J connectivity index is 2.21. The zero-order valence-corrected chi connectivity index (χ0v) is 11.3. The summed E-state index contributed by atoms with van der Waals surface area (Å²) in [7, 11) is 1.68. The Hall–Kier alpha value is -2.27. The second-order valence-electron chi connectivity index (χ2n) is 4.62. The van der Waals surface area contributed by atoms with E-state index in [1.54, 1.807) is 7.11 Å². The molecule has 19 heavy (non-hydrogen) atoms. The number of nitriles is 1. The van der Waals surface area contributed by atoms with E-state index < -0.39 is 0 Å². The molecule has 0 fully saturated rings. The highest BCUT2D eigenvalue weighted by Gasteiger charge is 2.03. The Labute approximate surface area is 114 Å². The van der Waals surface area contributed by atoms with Gasteiger partial charge in [-0.3, -0.25) is 0 Å². The van der Waals surface area contributed by atoms with E-state index in [9.17, 15) is 0 Å². The van der Waals surface area contributed by atoms with Crippen molar-refractivity contribution in [2.45, 2.75) is 19.8 Å². The fraction of sp³-hybridized carbons (Fsp3) is 0.235. The standard InChI is InChI=1S/C17H17NO/c1-13-10-14(8-9-18)6-7-16(13)11-15-4-3-5-17(12-15)19-2/h3-7,10,12H,8,11H2,1-2H3. The van der Waals surface area contributed by atoms with Crippen LogP contribution >= 0.6 is 0 Å². The van der Waals surface area contributed by atoms with Crippen LogP contribution in [0.2, 0.25) is 0 Å². The minimum atomic E-state index is 0.472. The van der Waals surface area contributed by atoms with Crippen LogP contribution < -0.4 is 4.74 Å². The van der Waals surface area contributed by atoms with Gasteiger partial charge >= 0.3 is 0 Å². The van der Waals surface area contributed by atoms with Gasteiger partial charge in [-0.05, 0) is 47.7 Å². The molecule has 0 saturated carbocycles. The third kappa shape index (κ3) is 3.35. The molecule has 2 nitrogen and oxygen atoms in total. The number of benzene rings is 2. The molecule has 0 aliphatic rings. The minimum Gasteiger partial charge on any atom is -0.497 e. The maximum atomic E-state index is 8.71. The predicted molar refractivity (Wildman–Crippen MR) is 76.3 cm³/mol. The van der Waals surface area contributed by atoms with E-state index in [-0.39, 0.29) is 0 Å². The Morgan fingerprint density at radius 3 is 2.63 bits per heavy atom. The van der Waals surface area contributed by atoms with Crippen molar-refractivity contribution in [1.29, 1.82) is 5.26 Å². The van der Waals surface area contributed by atoms with Crippen LogP contribution in [0.1, 0.15) is 22.3 Å². The van der Waals surface area contributed by atoms with Crippen LogP contribution in [0.5, 0.6) is 5.75 Å². The summed E-state index contributed by atoms with van der Waals surface area (Å²) in [6, 6.07) is 16.5. The molecule has 96 valence electrons. The lowest BCUT2D eigenvalue weighted by molar-refractivity contribution is 0.414. The van der Waals surface area contributed by atoms with Crippen LogP contribution in [0, 0.1) is 18.3 Å². The highest BCUT2D eigenvalue weighted by Crippen LogP contribution is 2.19. The van der Waals surface area contributed by atoms with Gasteiger partial charge < -0.3 is 4.74 Å². The molecule has 0 spiro atoms. The summed E-state index contributed by atoms with van der Waals surface area (Å²) in [6.07, 6.45) is 1.36. The highest BCUT2D eigenvalue weighted by atomic mass is 16.5. The van der Waals surface area contributed by atoms with Crippen molar-refractivity contribution in [3.63, 3.8) is 0 Å². The van der Waals surface area contributed by atoms with Gasteiger partial charge in [0.25, 0.3) is 0 Å². The van der Waals surface area contributed by atoms with Crippen LogP contribution in [0.15, 0.2) is 42.5 Å². The van der Waals surface area contributed by atoms with Crippen LogP contribution in [-0.2, 0) is 12.8 Å².